The average molecular weight is 235 g/mol. The third-order valence-corrected chi connectivity index (χ3v) is 2.88. The number of carbonyl (C=O) groups is 1. The topological polar surface area (TPSA) is 65.5 Å². The second-order valence-corrected chi connectivity index (χ2v) is 4.23. The van der Waals surface area contributed by atoms with E-state index in [1.54, 1.807) is 6.07 Å². The number of carbonyl (C=O) groups excluding carboxylic acids is 1. The van der Waals surface area contributed by atoms with Gasteiger partial charge in [0.1, 0.15) is 11.6 Å². The molecule has 1 aromatic heterocycles. The highest BCUT2D eigenvalue weighted by Gasteiger charge is 2.15. The summed E-state index contributed by atoms with van der Waals surface area (Å²) >= 11 is 0. The molecule has 0 radical (unpaired) electrons. The molecule has 2 heterocycles. The lowest BCUT2D eigenvalue weighted by Gasteiger charge is -2.20. The second-order valence-electron chi connectivity index (χ2n) is 4.23. The first-order valence-electron chi connectivity index (χ1n) is 5.96. The number of urea groups is 1. The first-order valence-corrected chi connectivity index (χ1v) is 5.96. The molecule has 0 aromatic carbocycles. The number of amides is 2. The molecule has 1 saturated heterocycles. The van der Waals surface area contributed by atoms with Gasteiger partial charge in [-0.25, -0.2) is 9.78 Å². The number of pyridine rings is 1. The quantitative estimate of drug-likeness (QED) is 0.784. The normalized spacial score (nSPS) is 16.4. The number of aromatic nitrogens is 1. The van der Waals surface area contributed by atoms with E-state index in [1.165, 1.54) is 25.1 Å². The number of hydrogen-bond donors (Lipinski definition) is 2. The molecule has 0 aliphatic carbocycles. The number of anilines is 1. The first-order chi connectivity index (χ1) is 8.25. The van der Waals surface area contributed by atoms with Crippen molar-refractivity contribution >= 4 is 11.8 Å². The van der Waals surface area contributed by atoms with Gasteiger partial charge in [-0.2, -0.15) is 0 Å². The van der Waals surface area contributed by atoms with E-state index in [0.717, 1.165) is 25.9 Å². The number of aromatic hydroxyl groups is 1. The van der Waals surface area contributed by atoms with Crippen LogP contribution in [-0.2, 0) is 0 Å². The van der Waals surface area contributed by atoms with Gasteiger partial charge in [-0.05, 0) is 25.0 Å². The smallest absolute Gasteiger partial charge is 0.323 e. The van der Waals surface area contributed by atoms with Crippen LogP contribution in [-0.4, -0.2) is 34.1 Å². The predicted molar refractivity (Wildman–Crippen MR) is 65.0 cm³/mol. The maximum atomic E-state index is 11.9. The van der Waals surface area contributed by atoms with Gasteiger partial charge in [0, 0.05) is 13.1 Å². The van der Waals surface area contributed by atoms with Crippen LogP contribution in [0.25, 0.3) is 0 Å². The van der Waals surface area contributed by atoms with Gasteiger partial charge in [-0.15, -0.1) is 0 Å². The minimum absolute atomic E-state index is 0.0952. The van der Waals surface area contributed by atoms with Crippen molar-refractivity contribution in [1.29, 1.82) is 0 Å². The Hall–Kier alpha value is -1.78. The molecule has 2 rings (SSSR count). The molecule has 1 aliphatic heterocycles. The molecule has 5 nitrogen and oxygen atoms in total. The molecule has 0 spiro atoms. The summed E-state index contributed by atoms with van der Waals surface area (Å²) < 4.78 is 0. The average Bonchev–Trinajstić information content (AvgIpc) is 2.61. The zero-order chi connectivity index (χ0) is 12.1. The summed E-state index contributed by atoms with van der Waals surface area (Å²) in [6.07, 6.45) is 5.84. The molecule has 1 aromatic rings. The van der Waals surface area contributed by atoms with E-state index in [2.05, 4.69) is 10.3 Å². The highest BCUT2D eigenvalue weighted by Crippen LogP contribution is 2.13. The highest BCUT2D eigenvalue weighted by molar-refractivity contribution is 5.88. The van der Waals surface area contributed by atoms with Crippen LogP contribution in [0.1, 0.15) is 25.7 Å². The van der Waals surface area contributed by atoms with E-state index >= 15 is 0 Å². The zero-order valence-electron chi connectivity index (χ0n) is 9.72. The maximum Gasteiger partial charge on any atom is 0.323 e. The minimum Gasteiger partial charge on any atom is -0.506 e. The lowest BCUT2D eigenvalue weighted by Crippen LogP contribution is -2.35. The van der Waals surface area contributed by atoms with E-state index in [4.69, 9.17) is 5.11 Å². The SMILES string of the molecule is O=C(Nc1ccc(O)cn1)N1CCCCCC1. The van der Waals surface area contributed by atoms with Crippen molar-refractivity contribution in [3.05, 3.63) is 18.3 Å². The summed E-state index contributed by atoms with van der Waals surface area (Å²) in [5.74, 6) is 0.565. The molecule has 5 heteroatoms. The number of rotatable bonds is 1. The van der Waals surface area contributed by atoms with Crippen molar-refractivity contribution in [2.45, 2.75) is 25.7 Å². The summed E-state index contributed by atoms with van der Waals surface area (Å²) in [6.45, 7) is 1.62. The van der Waals surface area contributed by atoms with Crippen LogP contribution in [0.4, 0.5) is 10.6 Å². The zero-order valence-corrected chi connectivity index (χ0v) is 9.72. The molecule has 0 atom stereocenters. The number of likely N-dealkylation sites (tertiary alicyclic amines) is 1. The molecule has 92 valence electrons. The van der Waals surface area contributed by atoms with Crippen LogP contribution in [0.5, 0.6) is 5.75 Å². The Bertz CT molecular complexity index is 370. The Morgan fingerprint density at radius 3 is 2.53 bits per heavy atom. The fourth-order valence-corrected chi connectivity index (χ4v) is 1.92. The molecule has 1 aliphatic rings. The highest BCUT2D eigenvalue weighted by atomic mass is 16.3. The molecule has 0 bridgehead atoms. The van der Waals surface area contributed by atoms with Crippen LogP contribution < -0.4 is 5.32 Å². The molecule has 0 unspecified atom stereocenters. The molecule has 2 N–H and O–H groups in total. The fourth-order valence-electron chi connectivity index (χ4n) is 1.92. The largest absolute Gasteiger partial charge is 0.506 e. The van der Waals surface area contributed by atoms with Gasteiger partial charge in [-0.1, -0.05) is 12.8 Å². The summed E-state index contributed by atoms with van der Waals surface area (Å²) in [7, 11) is 0. The molecule has 1 fully saturated rings. The van der Waals surface area contributed by atoms with E-state index in [1.807, 2.05) is 4.90 Å². The summed E-state index contributed by atoms with van der Waals surface area (Å²) in [5.41, 5.74) is 0. The van der Waals surface area contributed by atoms with E-state index in [-0.39, 0.29) is 11.8 Å². The summed E-state index contributed by atoms with van der Waals surface area (Å²) in [4.78, 5) is 17.7. The van der Waals surface area contributed by atoms with Crippen LogP contribution in [0.15, 0.2) is 18.3 Å². The molecular formula is C12H17N3O2. The molecule has 0 saturated carbocycles. The fraction of sp³-hybridized carbons (Fsp3) is 0.500. The van der Waals surface area contributed by atoms with Gasteiger partial charge < -0.3 is 10.0 Å². The third kappa shape index (κ3) is 3.34. The number of hydrogen-bond acceptors (Lipinski definition) is 3. The monoisotopic (exact) mass is 235 g/mol. The third-order valence-electron chi connectivity index (χ3n) is 2.88. The Kier molecular flexibility index (Phi) is 3.80. The minimum atomic E-state index is -0.106. The van der Waals surface area contributed by atoms with Crippen molar-refractivity contribution in [3.63, 3.8) is 0 Å². The van der Waals surface area contributed by atoms with E-state index in [0.29, 0.717) is 5.82 Å². The predicted octanol–water partition coefficient (Wildman–Crippen LogP) is 2.20. The summed E-state index contributed by atoms with van der Waals surface area (Å²) in [6, 6.07) is 2.99. The van der Waals surface area contributed by atoms with Crippen molar-refractivity contribution in [3.8, 4) is 5.75 Å². The Morgan fingerprint density at radius 1 is 1.24 bits per heavy atom. The molecular weight excluding hydrogens is 218 g/mol. The van der Waals surface area contributed by atoms with Gasteiger partial charge >= 0.3 is 6.03 Å². The molecule has 17 heavy (non-hydrogen) atoms. The van der Waals surface area contributed by atoms with Crippen LogP contribution >= 0.6 is 0 Å². The van der Waals surface area contributed by atoms with Gasteiger partial charge in [0.15, 0.2) is 0 Å². The second kappa shape index (κ2) is 5.52. The van der Waals surface area contributed by atoms with E-state index in [9.17, 15) is 4.79 Å². The Balaban J connectivity index is 1.93. The van der Waals surface area contributed by atoms with E-state index < -0.39 is 0 Å². The van der Waals surface area contributed by atoms with Crippen LogP contribution in [0.3, 0.4) is 0 Å². The standard InChI is InChI=1S/C12H17N3O2/c16-10-5-6-11(13-9-10)14-12(17)15-7-3-1-2-4-8-15/h5-6,9,16H,1-4,7-8H2,(H,13,14,17). The van der Waals surface area contributed by atoms with Crippen LogP contribution in [0, 0.1) is 0 Å². The van der Waals surface area contributed by atoms with Gasteiger partial charge in [-0.3, -0.25) is 5.32 Å². The van der Waals surface area contributed by atoms with Gasteiger partial charge in [0.25, 0.3) is 0 Å². The Labute approximate surface area is 100 Å². The first kappa shape index (κ1) is 11.7. The lowest BCUT2D eigenvalue weighted by molar-refractivity contribution is 0.213. The lowest BCUT2D eigenvalue weighted by atomic mass is 10.2. The van der Waals surface area contributed by atoms with Crippen molar-refractivity contribution in [2.75, 3.05) is 18.4 Å². The van der Waals surface area contributed by atoms with Crippen molar-refractivity contribution < 1.29 is 9.90 Å². The Morgan fingerprint density at radius 2 is 1.94 bits per heavy atom. The van der Waals surface area contributed by atoms with Crippen molar-refractivity contribution in [1.82, 2.24) is 9.88 Å². The van der Waals surface area contributed by atoms with Gasteiger partial charge in [0.05, 0.1) is 6.20 Å². The summed E-state index contributed by atoms with van der Waals surface area (Å²) in [5, 5.41) is 11.8. The maximum absolute atomic E-state index is 11.9. The molecule has 2 amide bonds. The van der Waals surface area contributed by atoms with Crippen LogP contribution in [0.2, 0.25) is 0 Å². The number of nitrogens with zero attached hydrogens (tertiary/aromatic N) is 2. The van der Waals surface area contributed by atoms with Gasteiger partial charge in [0.2, 0.25) is 0 Å². The van der Waals surface area contributed by atoms with Crippen molar-refractivity contribution in [2.24, 2.45) is 0 Å². The number of nitrogens with one attached hydrogen (secondary N) is 1.